The normalized spacial score (nSPS) is 18.9. The van der Waals surface area contributed by atoms with E-state index in [9.17, 15) is 4.79 Å². The van der Waals surface area contributed by atoms with Gasteiger partial charge in [-0.05, 0) is 40.1 Å². The smallest absolute Gasteiger partial charge is 0.219 e. The first-order chi connectivity index (χ1) is 11.2. The second-order valence-corrected chi connectivity index (χ2v) is 6.64. The molecule has 0 radical (unpaired) electrons. The van der Waals surface area contributed by atoms with Gasteiger partial charge in [0.05, 0.1) is 13.2 Å². The standard InChI is InChI=1S/C18H22N2O2S/c1-14(21)19-8-9-20(11-15-7-10-23-13-15)18(12-19)16-3-5-17(22-2)6-4-16/h3-7,10,13,18H,8-9,11-12H2,1-2H3. The quantitative estimate of drug-likeness (QED) is 0.863. The Morgan fingerprint density at radius 3 is 2.65 bits per heavy atom. The Morgan fingerprint density at radius 2 is 2.04 bits per heavy atom. The largest absolute Gasteiger partial charge is 0.497 e. The van der Waals surface area contributed by atoms with Gasteiger partial charge < -0.3 is 9.64 Å². The fraction of sp³-hybridized carbons (Fsp3) is 0.389. The van der Waals surface area contributed by atoms with Crippen LogP contribution in [0.1, 0.15) is 24.1 Å². The summed E-state index contributed by atoms with van der Waals surface area (Å²) in [6, 6.07) is 10.6. The summed E-state index contributed by atoms with van der Waals surface area (Å²) < 4.78 is 5.25. The zero-order valence-electron chi connectivity index (χ0n) is 13.6. The summed E-state index contributed by atoms with van der Waals surface area (Å²) in [5.74, 6) is 1.01. The third kappa shape index (κ3) is 3.74. The Bertz CT molecular complexity index is 640. The molecule has 1 aromatic heterocycles. The summed E-state index contributed by atoms with van der Waals surface area (Å²) in [7, 11) is 1.68. The van der Waals surface area contributed by atoms with Crippen molar-refractivity contribution in [1.82, 2.24) is 9.80 Å². The highest BCUT2D eigenvalue weighted by Gasteiger charge is 2.29. The average Bonchev–Trinajstić information content (AvgIpc) is 3.08. The number of benzene rings is 1. The molecule has 0 aliphatic carbocycles. The lowest BCUT2D eigenvalue weighted by atomic mass is 10.0. The van der Waals surface area contributed by atoms with Crippen molar-refractivity contribution in [3.05, 3.63) is 52.2 Å². The average molecular weight is 330 g/mol. The van der Waals surface area contributed by atoms with Gasteiger partial charge in [-0.1, -0.05) is 12.1 Å². The zero-order valence-corrected chi connectivity index (χ0v) is 14.4. The van der Waals surface area contributed by atoms with Gasteiger partial charge >= 0.3 is 0 Å². The lowest BCUT2D eigenvalue weighted by Crippen LogP contribution is -2.49. The van der Waals surface area contributed by atoms with Gasteiger partial charge in [0.25, 0.3) is 0 Å². The van der Waals surface area contributed by atoms with Crippen LogP contribution in [-0.4, -0.2) is 42.5 Å². The fourth-order valence-electron chi connectivity index (χ4n) is 3.06. The molecule has 0 N–H and O–H groups in total. The van der Waals surface area contributed by atoms with Crippen molar-refractivity contribution in [2.45, 2.75) is 19.5 Å². The van der Waals surface area contributed by atoms with Crippen LogP contribution in [0, 0.1) is 0 Å². The Balaban J connectivity index is 1.82. The minimum Gasteiger partial charge on any atom is -0.497 e. The molecule has 0 bridgehead atoms. The summed E-state index contributed by atoms with van der Waals surface area (Å²) in [6.07, 6.45) is 0. The van der Waals surface area contributed by atoms with E-state index >= 15 is 0 Å². The number of methoxy groups -OCH3 is 1. The minimum atomic E-state index is 0.152. The molecule has 1 amide bonds. The van der Waals surface area contributed by atoms with Crippen molar-refractivity contribution in [2.24, 2.45) is 0 Å². The number of amides is 1. The van der Waals surface area contributed by atoms with Gasteiger partial charge in [-0.15, -0.1) is 0 Å². The number of hydrogen-bond donors (Lipinski definition) is 0. The lowest BCUT2D eigenvalue weighted by molar-refractivity contribution is -0.132. The molecule has 2 heterocycles. The first kappa shape index (κ1) is 16.0. The molecule has 2 aromatic rings. The molecule has 1 fully saturated rings. The molecule has 1 unspecified atom stereocenters. The number of ether oxygens (including phenoxy) is 1. The molecule has 1 aliphatic heterocycles. The molecule has 1 saturated heterocycles. The van der Waals surface area contributed by atoms with Crippen LogP contribution in [-0.2, 0) is 11.3 Å². The van der Waals surface area contributed by atoms with Gasteiger partial charge in [0.2, 0.25) is 5.91 Å². The van der Waals surface area contributed by atoms with Crippen LogP contribution in [0.15, 0.2) is 41.1 Å². The lowest BCUT2D eigenvalue weighted by Gasteiger charge is -2.41. The highest BCUT2D eigenvalue weighted by Crippen LogP contribution is 2.29. The number of nitrogens with zero attached hydrogens (tertiary/aromatic N) is 2. The molecular weight excluding hydrogens is 308 g/mol. The van der Waals surface area contributed by atoms with E-state index in [-0.39, 0.29) is 11.9 Å². The number of piperazine rings is 1. The van der Waals surface area contributed by atoms with Crippen LogP contribution in [0.4, 0.5) is 0 Å². The SMILES string of the molecule is COc1ccc(C2CN(C(C)=O)CCN2Cc2ccsc2)cc1. The highest BCUT2D eigenvalue weighted by atomic mass is 32.1. The van der Waals surface area contributed by atoms with Gasteiger partial charge in [0.15, 0.2) is 0 Å². The fourth-order valence-corrected chi connectivity index (χ4v) is 3.71. The molecule has 1 aliphatic rings. The highest BCUT2D eigenvalue weighted by molar-refractivity contribution is 7.07. The molecule has 1 atom stereocenters. The van der Waals surface area contributed by atoms with E-state index in [1.807, 2.05) is 17.0 Å². The van der Waals surface area contributed by atoms with Crippen LogP contribution in [0.5, 0.6) is 5.75 Å². The molecule has 0 spiro atoms. The zero-order chi connectivity index (χ0) is 16.2. The summed E-state index contributed by atoms with van der Waals surface area (Å²) >= 11 is 1.73. The first-order valence-electron chi connectivity index (χ1n) is 7.82. The summed E-state index contributed by atoms with van der Waals surface area (Å²) in [5.41, 5.74) is 2.57. The Hall–Kier alpha value is -1.85. The van der Waals surface area contributed by atoms with E-state index in [2.05, 4.69) is 33.9 Å². The topological polar surface area (TPSA) is 32.8 Å². The van der Waals surface area contributed by atoms with Gasteiger partial charge in [-0.3, -0.25) is 9.69 Å². The number of rotatable bonds is 4. The summed E-state index contributed by atoms with van der Waals surface area (Å²) in [4.78, 5) is 16.2. The second kappa shape index (κ2) is 7.15. The number of hydrogen-bond acceptors (Lipinski definition) is 4. The van der Waals surface area contributed by atoms with Gasteiger partial charge in [-0.2, -0.15) is 11.3 Å². The second-order valence-electron chi connectivity index (χ2n) is 5.86. The molecule has 1 aromatic carbocycles. The molecule has 23 heavy (non-hydrogen) atoms. The molecule has 0 saturated carbocycles. The Labute approximate surface area is 141 Å². The van der Waals surface area contributed by atoms with Gasteiger partial charge in [-0.25, -0.2) is 0 Å². The first-order valence-corrected chi connectivity index (χ1v) is 8.76. The van der Waals surface area contributed by atoms with Crippen molar-refractivity contribution in [3.63, 3.8) is 0 Å². The maximum atomic E-state index is 11.8. The Morgan fingerprint density at radius 1 is 1.26 bits per heavy atom. The van der Waals surface area contributed by atoms with E-state index in [0.29, 0.717) is 0 Å². The van der Waals surface area contributed by atoms with E-state index in [0.717, 1.165) is 31.9 Å². The molecule has 122 valence electrons. The van der Waals surface area contributed by atoms with E-state index in [1.54, 1.807) is 25.4 Å². The third-order valence-corrected chi connectivity index (χ3v) is 5.13. The van der Waals surface area contributed by atoms with Crippen molar-refractivity contribution in [2.75, 3.05) is 26.7 Å². The van der Waals surface area contributed by atoms with Crippen molar-refractivity contribution in [1.29, 1.82) is 0 Å². The van der Waals surface area contributed by atoms with E-state index in [4.69, 9.17) is 4.74 Å². The number of thiophene rings is 1. The van der Waals surface area contributed by atoms with Gasteiger partial charge in [0, 0.05) is 33.1 Å². The molecule has 4 nitrogen and oxygen atoms in total. The Kier molecular flexibility index (Phi) is 4.98. The molecule has 3 rings (SSSR count). The van der Waals surface area contributed by atoms with Crippen LogP contribution in [0.3, 0.4) is 0 Å². The maximum absolute atomic E-state index is 11.8. The maximum Gasteiger partial charge on any atom is 0.219 e. The monoisotopic (exact) mass is 330 g/mol. The van der Waals surface area contributed by atoms with Crippen LogP contribution in [0.2, 0.25) is 0 Å². The van der Waals surface area contributed by atoms with Gasteiger partial charge in [0.1, 0.15) is 5.75 Å². The number of carbonyl (C=O) groups is 1. The molecular formula is C18H22N2O2S. The minimum absolute atomic E-state index is 0.152. The van der Waals surface area contributed by atoms with E-state index in [1.165, 1.54) is 11.1 Å². The summed E-state index contributed by atoms with van der Waals surface area (Å²) in [5, 5.41) is 4.31. The van der Waals surface area contributed by atoms with Crippen LogP contribution in [0.25, 0.3) is 0 Å². The predicted molar refractivity (Wildman–Crippen MR) is 92.7 cm³/mol. The third-order valence-electron chi connectivity index (χ3n) is 4.40. The van der Waals surface area contributed by atoms with E-state index < -0.39 is 0 Å². The van der Waals surface area contributed by atoms with Crippen LogP contribution >= 0.6 is 11.3 Å². The van der Waals surface area contributed by atoms with Crippen molar-refractivity contribution >= 4 is 17.2 Å². The van der Waals surface area contributed by atoms with Crippen molar-refractivity contribution in [3.8, 4) is 5.75 Å². The number of carbonyl (C=O) groups excluding carboxylic acids is 1. The van der Waals surface area contributed by atoms with Crippen LogP contribution < -0.4 is 4.74 Å². The molecule has 5 heteroatoms. The van der Waals surface area contributed by atoms with Crippen molar-refractivity contribution < 1.29 is 9.53 Å². The summed E-state index contributed by atoms with van der Waals surface area (Å²) in [6.45, 7) is 5.01. The predicted octanol–water partition coefficient (Wildman–Crippen LogP) is 3.16.